The van der Waals surface area contributed by atoms with Gasteiger partial charge in [0.25, 0.3) is 0 Å². The highest BCUT2D eigenvalue weighted by molar-refractivity contribution is 9.12. The molecule has 14 heavy (non-hydrogen) atoms. The molecular formula is C9H13Br2NOS. The van der Waals surface area contributed by atoms with Crippen LogP contribution in [0.4, 0.5) is 0 Å². The monoisotopic (exact) mass is 341 g/mol. The maximum atomic E-state index is 8.59. The lowest BCUT2D eigenvalue weighted by Crippen LogP contribution is -2.14. The summed E-state index contributed by atoms with van der Waals surface area (Å²) in [7, 11) is 0. The van der Waals surface area contributed by atoms with Crippen LogP contribution in [0.25, 0.3) is 0 Å². The van der Waals surface area contributed by atoms with Gasteiger partial charge in [-0.1, -0.05) is 0 Å². The van der Waals surface area contributed by atoms with Gasteiger partial charge in [-0.25, -0.2) is 0 Å². The van der Waals surface area contributed by atoms with Crippen LogP contribution in [0.15, 0.2) is 13.6 Å². The van der Waals surface area contributed by atoms with E-state index in [0.29, 0.717) is 0 Å². The zero-order valence-electron chi connectivity index (χ0n) is 7.72. The van der Waals surface area contributed by atoms with Crippen molar-refractivity contribution in [1.29, 1.82) is 0 Å². The minimum absolute atomic E-state index is 0.287. The second-order valence-electron chi connectivity index (χ2n) is 2.96. The average Bonchev–Trinajstić information content (AvgIpc) is 2.45. The molecule has 0 fully saturated rings. The first-order valence-corrected chi connectivity index (χ1v) is 6.89. The summed E-state index contributed by atoms with van der Waals surface area (Å²) in [6.45, 7) is 2.13. The van der Waals surface area contributed by atoms with Crippen LogP contribution in [0.1, 0.15) is 18.4 Å². The van der Waals surface area contributed by atoms with Crippen LogP contribution < -0.4 is 5.32 Å². The third kappa shape index (κ3) is 4.40. The van der Waals surface area contributed by atoms with Gasteiger partial charge in [-0.05, 0) is 62.9 Å². The van der Waals surface area contributed by atoms with Crippen LogP contribution in [-0.4, -0.2) is 18.3 Å². The highest BCUT2D eigenvalue weighted by atomic mass is 79.9. The Bertz CT molecular complexity index is 278. The van der Waals surface area contributed by atoms with E-state index in [1.165, 1.54) is 9.35 Å². The molecule has 0 aliphatic rings. The molecule has 0 saturated carbocycles. The van der Waals surface area contributed by atoms with Gasteiger partial charge in [0.15, 0.2) is 0 Å². The first-order chi connectivity index (χ1) is 6.74. The van der Waals surface area contributed by atoms with E-state index in [9.17, 15) is 0 Å². The average molecular weight is 343 g/mol. The van der Waals surface area contributed by atoms with Gasteiger partial charge in [-0.15, -0.1) is 11.3 Å². The summed E-state index contributed by atoms with van der Waals surface area (Å²) < 4.78 is 2.33. The van der Waals surface area contributed by atoms with Crippen LogP contribution in [0.5, 0.6) is 0 Å². The van der Waals surface area contributed by atoms with Crippen molar-refractivity contribution in [1.82, 2.24) is 5.32 Å². The molecule has 0 amide bonds. The fraction of sp³-hybridized carbons (Fsp3) is 0.556. The van der Waals surface area contributed by atoms with Crippen molar-refractivity contribution in [2.24, 2.45) is 0 Å². The first kappa shape index (κ1) is 12.6. The summed E-state index contributed by atoms with van der Waals surface area (Å²) >= 11 is 8.64. The second-order valence-corrected chi connectivity index (χ2v) is 6.71. The molecule has 1 heterocycles. The summed E-state index contributed by atoms with van der Waals surface area (Å²) in [5.41, 5.74) is 1.28. The maximum absolute atomic E-state index is 8.59. The molecule has 5 heteroatoms. The first-order valence-electron chi connectivity index (χ1n) is 4.49. The molecule has 1 aromatic heterocycles. The molecule has 0 aliphatic heterocycles. The van der Waals surface area contributed by atoms with Crippen LogP contribution in [0.3, 0.4) is 0 Å². The Hall–Kier alpha value is 0.580. The Labute approximate surface area is 105 Å². The van der Waals surface area contributed by atoms with Crippen molar-refractivity contribution in [3.8, 4) is 0 Å². The summed E-state index contributed by atoms with van der Waals surface area (Å²) in [5, 5.41) is 11.9. The van der Waals surface area contributed by atoms with Gasteiger partial charge in [0.05, 0.1) is 7.57 Å². The number of aliphatic hydroxyl groups is 1. The van der Waals surface area contributed by atoms with E-state index in [1.807, 2.05) is 0 Å². The number of unbranched alkanes of at least 4 members (excludes halogenated alkanes) is 1. The summed E-state index contributed by atoms with van der Waals surface area (Å²) in [6.07, 6.45) is 1.90. The number of rotatable bonds is 6. The fourth-order valence-corrected chi connectivity index (χ4v) is 3.91. The van der Waals surface area contributed by atoms with Crippen molar-refractivity contribution in [2.75, 3.05) is 13.2 Å². The highest BCUT2D eigenvalue weighted by Crippen LogP contribution is 2.31. The third-order valence-corrected chi connectivity index (χ3v) is 4.27. The Morgan fingerprint density at radius 1 is 1.36 bits per heavy atom. The molecule has 0 aliphatic carbocycles. The van der Waals surface area contributed by atoms with Crippen molar-refractivity contribution < 1.29 is 5.11 Å². The van der Waals surface area contributed by atoms with Gasteiger partial charge in [0.2, 0.25) is 0 Å². The van der Waals surface area contributed by atoms with E-state index < -0.39 is 0 Å². The molecule has 1 rings (SSSR count). The van der Waals surface area contributed by atoms with Gasteiger partial charge in [-0.3, -0.25) is 0 Å². The zero-order chi connectivity index (χ0) is 10.4. The predicted octanol–water partition coefficient (Wildman–Crippen LogP) is 3.14. The lowest BCUT2D eigenvalue weighted by atomic mass is 10.3. The molecule has 0 unspecified atom stereocenters. The Morgan fingerprint density at radius 3 is 2.71 bits per heavy atom. The SMILES string of the molecule is OCCCCNCc1cc(Br)sc1Br. The summed E-state index contributed by atoms with van der Waals surface area (Å²) in [4.78, 5) is 0. The second kappa shape index (κ2) is 6.95. The maximum Gasteiger partial charge on any atom is 0.0755 e. The quantitative estimate of drug-likeness (QED) is 0.778. The van der Waals surface area contributed by atoms with Gasteiger partial charge < -0.3 is 10.4 Å². The van der Waals surface area contributed by atoms with Gasteiger partial charge in [-0.2, -0.15) is 0 Å². The highest BCUT2D eigenvalue weighted by Gasteiger charge is 2.03. The van der Waals surface area contributed by atoms with Crippen LogP contribution in [0.2, 0.25) is 0 Å². The Morgan fingerprint density at radius 2 is 2.14 bits per heavy atom. The summed E-state index contributed by atoms with van der Waals surface area (Å²) in [5.74, 6) is 0. The number of nitrogens with one attached hydrogen (secondary N) is 1. The Balaban J connectivity index is 2.21. The third-order valence-electron chi connectivity index (χ3n) is 1.80. The van der Waals surface area contributed by atoms with Gasteiger partial charge in [0.1, 0.15) is 0 Å². The van der Waals surface area contributed by atoms with E-state index in [1.54, 1.807) is 11.3 Å². The van der Waals surface area contributed by atoms with Crippen LogP contribution in [0, 0.1) is 0 Å². The molecule has 2 nitrogen and oxygen atoms in total. The van der Waals surface area contributed by atoms with Crippen molar-refractivity contribution >= 4 is 43.2 Å². The molecule has 2 N–H and O–H groups in total. The molecule has 0 aromatic carbocycles. The lowest BCUT2D eigenvalue weighted by Gasteiger charge is -2.02. The van der Waals surface area contributed by atoms with E-state index in [2.05, 4.69) is 43.2 Å². The zero-order valence-corrected chi connectivity index (χ0v) is 11.7. The van der Waals surface area contributed by atoms with Gasteiger partial charge in [0, 0.05) is 13.2 Å². The lowest BCUT2D eigenvalue weighted by molar-refractivity contribution is 0.283. The van der Waals surface area contributed by atoms with Crippen molar-refractivity contribution in [3.63, 3.8) is 0 Å². The number of hydrogen-bond donors (Lipinski definition) is 2. The van der Waals surface area contributed by atoms with Gasteiger partial charge >= 0.3 is 0 Å². The molecular weight excluding hydrogens is 330 g/mol. The van der Waals surface area contributed by atoms with E-state index >= 15 is 0 Å². The predicted molar refractivity (Wildman–Crippen MR) is 67.7 cm³/mol. The summed E-state index contributed by atoms with van der Waals surface area (Å²) in [6, 6.07) is 2.12. The molecule has 0 bridgehead atoms. The molecule has 0 saturated heterocycles. The molecule has 1 aromatic rings. The molecule has 80 valence electrons. The van der Waals surface area contributed by atoms with Crippen LogP contribution in [-0.2, 0) is 6.54 Å². The minimum atomic E-state index is 0.287. The molecule has 0 spiro atoms. The smallest absolute Gasteiger partial charge is 0.0755 e. The number of halogens is 2. The fourth-order valence-electron chi connectivity index (χ4n) is 1.08. The van der Waals surface area contributed by atoms with Crippen molar-refractivity contribution in [2.45, 2.75) is 19.4 Å². The normalized spacial score (nSPS) is 10.8. The van der Waals surface area contributed by atoms with Crippen LogP contribution >= 0.6 is 43.2 Å². The number of aliphatic hydroxyl groups excluding tert-OH is 1. The van der Waals surface area contributed by atoms with Crippen molar-refractivity contribution in [3.05, 3.63) is 19.2 Å². The largest absolute Gasteiger partial charge is 0.396 e. The van der Waals surface area contributed by atoms with E-state index in [0.717, 1.165) is 29.7 Å². The minimum Gasteiger partial charge on any atom is -0.396 e. The number of thiophene rings is 1. The van der Waals surface area contributed by atoms with E-state index in [-0.39, 0.29) is 6.61 Å². The standard InChI is InChI=1S/C9H13Br2NOS/c10-8-5-7(9(11)14-8)6-12-3-1-2-4-13/h5,12-13H,1-4,6H2. The topological polar surface area (TPSA) is 32.3 Å². The molecule has 0 radical (unpaired) electrons. The number of hydrogen-bond acceptors (Lipinski definition) is 3. The molecule has 0 atom stereocenters. The Kier molecular flexibility index (Phi) is 6.28. The van der Waals surface area contributed by atoms with E-state index in [4.69, 9.17) is 5.11 Å².